The van der Waals surface area contributed by atoms with Crippen molar-refractivity contribution >= 4 is 33.1 Å². The SMILES string of the molecule is O=C(Nc1cnn(CC2CCCO2)c1)c1ncnc2ccsc12. The number of aromatic nitrogens is 4. The van der Waals surface area contributed by atoms with Crippen molar-refractivity contribution in [1.82, 2.24) is 19.7 Å². The minimum Gasteiger partial charge on any atom is -0.376 e. The summed E-state index contributed by atoms with van der Waals surface area (Å²) in [6.07, 6.45) is 7.22. The van der Waals surface area contributed by atoms with Gasteiger partial charge in [-0.3, -0.25) is 9.48 Å². The number of anilines is 1. The molecule has 0 saturated carbocycles. The number of thiophene rings is 1. The van der Waals surface area contributed by atoms with E-state index in [0.717, 1.165) is 29.7 Å². The van der Waals surface area contributed by atoms with Crippen molar-refractivity contribution in [2.45, 2.75) is 25.5 Å². The molecular weight excluding hydrogens is 314 g/mol. The van der Waals surface area contributed by atoms with Gasteiger partial charge in [0.1, 0.15) is 12.0 Å². The van der Waals surface area contributed by atoms with Crippen LogP contribution in [0.4, 0.5) is 5.69 Å². The lowest BCUT2D eigenvalue weighted by molar-refractivity contribution is 0.0940. The first kappa shape index (κ1) is 14.3. The molecule has 0 aromatic carbocycles. The molecule has 8 heteroatoms. The summed E-state index contributed by atoms with van der Waals surface area (Å²) in [5.74, 6) is -0.253. The number of hydrogen-bond donors (Lipinski definition) is 1. The third-order valence-electron chi connectivity index (χ3n) is 3.76. The molecule has 4 heterocycles. The number of nitrogens with one attached hydrogen (secondary N) is 1. The topological polar surface area (TPSA) is 81.9 Å². The predicted molar refractivity (Wildman–Crippen MR) is 86.6 cm³/mol. The minimum atomic E-state index is -0.253. The molecule has 0 aliphatic carbocycles. The van der Waals surface area contributed by atoms with Crippen molar-refractivity contribution in [2.24, 2.45) is 0 Å². The van der Waals surface area contributed by atoms with Crippen LogP contribution in [-0.2, 0) is 11.3 Å². The standard InChI is InChI=1S/C15H15N5O2S/c21-15(13-14-12(3-5-23-14)16-9-17-13)19-10-6-18-20(7-10)8-11-2-1-4-22-11/h3,5-7,9,11H,1-2,4,8H2,(H,19,21). The number of nitrogens with zero attached hydrogens (tertiary/aromatic N) is 4. The summed E-state index contributed by atoms with van der Waals surface area (Å²) in [6, 6.07) is 1.87. The van der Waals surface area contributed by atoms with Crippen molar-refractivity contribution in [1.29, 1.82) is 0 Å². The molecule has 0 radical (unpaired) electrons. The molecule has 0 bridgehead atoms. The van der Waals surface area contributed by atoms with Crippen LogP contribution < -0.4 is 5.32 Å². The molecular formula is C15H15N5O2S. The van der Waals surface area contributed by atoms with Crippen molar-refractivity contribution in [2.75, 3.05) is 11.9 Å². The number of rotatable bonds is 4. The van der Waals surface area contributed by atoms with Crippen molar-refractivity contribution in [3.63, 3.8) is 0 Å². The minimum absolute atomic E-state index is 0.214. The van der Waals surface area contributed by atoms with E-state index in [2.05, 4.69) is 20.4 Å². The van der Waals surface area contributed by atoms with Gasteiger partial charge in [0.25, 0.3) is 5.91 Å². The normalized spacial score (nSPS) is 17.7. The van der Waals surface area contributed by atoms with Gasteiger partial charge in [0.15, 0.2) is 0 Å². The first-order valence-electron chi connectivity index (χ1n) is 7.43. The van der Waals surface area contributed by atoms with Crippen molar-refractivity contribution in [3.05, 3.63) is 35.9 Å². The molecule has 1 unspecified atom stereocenters. The highest BCUT2D eigenvalue weighted by Crippen LogP contribution is 2.22. The summed E-state index contributed by atoms with van der Waals surface area (Å²) < 4.78 is 8.18. The van der Waals surface area contributed by atoms with Gasteiger partial charge in [0, 0.05) is 12.8 Å². The van der Waals surface area contributed by atoms with Gasteiger partial charge in [-0.15, -0.1) is 11.3 Å². The highest BCUT2D eigenvalue weighted by atomic mass is 32.1. The van der Waals surface area contributed by atoms with Crippen molar-refractivity contribution in [3.8, 4) is 0 Å². The first-order valence-corrected chi connectivity index (χ1v) is 8.31. The fourth-order valence-corrected chi connectivity index (χ4v) is 3.50. The molecule has 3 aromatic rings. The molecule has 1 aliphatic rings. The highest BCUT2D eigenvalue weighted by Gasteiger charge is 2.17. The Hall–Kier alpha value is -2.32. The Balaban J connectivity index is 1.48. The Morgan fingerprint density at radius 2 is 2.43 bits per heavy atom. The quantitative estimate of drug-likeness (QED) is 0.794. The Morgan fingerprint density at radius 1 is 1.48 bits per heavy atom. The van der Waals surface area contributed by atoms with Crippen LogP contribution in [0.25, 0.3) is 10.2 Å². The van der Waals surface area contributed by atoms with Crippen LogP contribution in [0.2, 0.25) is 0 Å². The van der Waals surface area contributed by atoms with E-state index < -0.39 is 0 Å². The van der Waals surface area contributed by atoms with E-state index in [1.165, 1.54) is 17.7 Å². The zero-order valence-electron chi connectivity index (χ0n) is 12.3. The largest absolute Gasteiger partial charge is 0.376 e. The maximum atomic E-state index is 12.4. The summed E-state index contributed by atoms with van der Waals surface area (Å²) in [7, 11) is 0. The van der Waals surface area contributed by atoms with Crippen LogP contribution in [0.15, 0.2) is 30.2 Å². The van der Waals surface area contributed by atoms with Gasteiger partial charge in [-0.25, -0.2) is 9.97 Å². The molecule has 1 saturated heterocycles. The second-order valence-corrected chi connectivity index (χ2v) is 6.31. The number of amides is 1. The van der Waals surface area contributed by atoms with Crippen LogP contribution >= 0.6 is 11.3 Å². The Labute approximate surface area is 136 Å². The van der Waals surface area contributed by atoms with Gasteiger partial charge in [0.2, 0.25) is 0 Å². The zero-order chi connectivity index (χ0) is 15.6. The third-order valence-corrected chi connectivity index (χ3v) is 4.67. The molecule has 1 aliphatic heterocycles. The fraction of sp³-hybridized carbons (Fsp3) is 0.333. The molecule has 3 aromatic heterocycles. The van der Waals surface area contributed by atoms with Crippen LogP contribution in [0.5, 0.6) is 0 Å². The lowest BCUT2D eigenvalue weighted by Gasteiger charge is -2.08. The zero-order valence-corrected chi connectivity index (χ0v) is 13.1. The molecule has 7 nitrogen and oxygen atoms in total. The molecule has 1 fully saturated rings. The number of hydrogen-bond acceptors (Lipinski definition) is 6. The smallest absolute Gasteiger partial charge is 0.275 e. The number of carbonyl (C=O) groups excluding carboxylic acids is 1. The van der Waals surface area contributed by atoms with E-state index in [1.54, 1.807) is 10.9 Å². The molecule has 1 N–H and O–H groups in total. The Kier molecular flexibility index (Phi) is 3.76. The van der Waals surface area contributed by atoms with E-state index in [-0.39, 0.29) is 12.0 Å². The Bertz CT molecular complexity index is 837. The van der Waals surface area contributed by atoms with E-state index in [0.29, 0.717) is 17.9 Å². The molecule has 1 amide bonds. The van der Waals surface area contributed by atoms with E-state index in [4.69, 9.17) is 4.74 Å². The lowest BCUT2D eigenvalue weighted by atomic mass is 10.2. The third kappa shape index (κ3) is 2.95. The van der Waals surface area contributed by atoms with E-state index in [9.17, 15) is 4.79 Å². The average molecular weight is 329 g/mol. The monoisotopic (exact) mass is 329 g/mol. The second-order valence-electron chi connectivity index (χ2n) is 5.40. The Morgan fingerprint density at radius 3 is 3.30 bits per heavy atom. The molecule has 1 atom stereocenters. The summed E-state index contributed by atoms with van der Waals surface area (Å²) in [4.78, 5) is 20.7. The summed E-state index contributed by atoms with van der Waals surface area (Å²) in [5, 5.41) is 9.01. The van der Waals surface area contributed by atoms with Gasteiger partial charge in [0.05, 0.1) is 34.7 Å². The predicted octanol–water partition coefficient (Wildman–Crippen LogP) is 2.32. The summed E-state index contributed by atoms with van der Waals surface area (Å²) >= 11 is 1.46. The highest BCUT2D eigenvalue weighted by molar-refractivity contribution is 7.17. The number of carbonyl (C=O) groups is 1. The number of ether oxygens (including phenoxy) is 1. The van der Waals surface area contributed by atoms with E-state index in [1.807, 2.05) is 17.6 Å². The average Bonchev–Trinajstić information content (AvgIpc) is 3.28. The molecule has 0 spiro atoms. The maximum absolute atomic E-state index is 12.4. The van der Waals surface area contributed by atoms with Crippen molar-refractivity contribution < 1.29 is 9.53 Å². The molecule has 4 rings (SSSR count). The number of fused-ring (bicyclic) bond motifs is 1. The van der Waals surface area contributed by atoms with E-state index >= 15 is 0 Å². The fourth-order valence-electron chi connectivity index (χ4n) is 2.67. The molecule has 23 heavy (non-hydrogen) atoms. The first-order chi connectivity index (χ1) is 11.3. The van der Waals surface area contributed by atoms with Gasteiger partial charge >= 0.3 is 0 Å². The lowest BCUT2D eigenvalue weighted by Crippen LogP contribution is -2.15. The summed E-state index contributed by atoms with van der Waals surface area (Å²) in [5.41, 5.74) is 1.82. The van der Waals surface area contributed by atoms with Gasteiger partial charge in [-0.2, -0.15) is 5.10 Å². The molecule has 118 valence electrons. The van der Waals surface area contributed by atoms with Crippen LogP contribution in [0.3, 0.4) is 0 Å². The second kappa shape index (κ2) is 6.05. The van der Waals surface area contributed by atoms with Gasteiger partial charge in [-0.05, 0) is 24.3 Å². The van der Waals surface area contributed by atoms with Crippen LogP contribution in [0, 0.1) is 0 Å². The summed E-state index contributed by atoms with van der Waals surface area (Å²) in [6.45, 7) is 1.53. The van der Waals surface area contributed by atoms with Gasteiger partial charge < -0.3 is 10.1 Å². The van der Waals surface area contributed by atoms with Crippen LogP contribution in [-0.4, -0.2) is 38.4 Å². The van der Waals surface area contributed by atoms with Crippen LogP contribution in [0.1, 0.15) is 23.3 Å². The van der Waals surface area contributed by atoms with Gasteiger partial charge in [-0.1, -0.05) is 0 Å². The maximum Gasteiger partial charge on any atom is 0.275 e.